The van der Waals surface area contributed by atoms with Crippen molar-refractivity contribution in [3.05, 3.63) is 65.2 Å². The fourth-order valence-corrected chi connectivity index (χ4v) is 5.08. The van der Waals surface area contributed by atoms with Crippen LogP contribution >= 0.6 is 23.8 Å². The molecule has 1 saturated heterocycles. The number of hydrogen-bond acceptors (Lipinski definition) is 3. The average molecular weight is 395 g/mol. The number of thiocarbonyl (C=S) groups is 1. The molecule has 132 valence electrons. The number of rotatable bonds is 4. The van der Waals surface area contributed by atoms with Crippen LogP contribution in [0.2, 0.25) is 5.02 Å². The zero-order valence-corrected chi connectivity index (χ0v) is 15.9. The van der Waals surface area contributed by atoms with E-state index in [1.807, 2.05) is 47.4 Å². The van der Waals surface area contributed by atoms with Gasteiger partial charge in [-0.25, -0.2) is 8.42 Å². The second kappa shape index (κ2) is 7.72. The van der Waals surface area contributed by atoms with Crippen LogP contribution < -0.4 is 5.32 Å². The van der Waals surface area contributed by atoms with Gasteiger partial charge in [-0.05, 0) is 48.5 Å². The summed E-state index contributed by atoms with van der Waals surface area (Å²) in [7, 11) is -2.99. The van der Waals surface area contributed by atoms with Crippen LogP contribution in [0.5, 0.6) is 0 Å². The van der Waals surface area contributed by atoms with E-state index in [9.17, 15) is 8.42 Å². The van der Waals surface area contributed by atoms with E-state index in [0.29, 0.717) is 23.1 Å². The molecule has 2 aromatic carbocycles. The van der Waals surface area contributed by atoms with Gasteiger partial charge in [0.25, 0.3) is 0 Å². The van der Waals surface area contributed by atoms with E-state index < -0.39 is 9.84 Å². The summed E-state index contributed by atoms with van der Waals surface area (Å²) < 4.78 is 23.8. The first-order chi connectivity index (χ1) is 11.9. The Morgan fingerprint density at radius 2 is 1.84 bits per heavy atom. The number of benzene rings is 2. The molecule has 0 aliphatic carbocycles. The number of nitrogens with zero attached hydrogens (tertiary/aromatic N) is 1. The van der Waals surface area contributed by atoms with Gasteiger partial charge in [0.1, 0.15) is 0 Å². The lowest BCUT2D eigenvalue weighted by molar-refractivity contribution is 0.332. The van der Waals surface area contributed by atoms with Gasteiger partial charge in [0.2, 0.25) is 0 Å². The second-order valence-corrected chi connectivity index (χ2v) is 9.16. The zero-order valence-electron chi connectivity index (χ0n) is 13.6. The Hall–Kier alpha value is -1.63. The maximum atomic E-state index is 11.9. The molecule has 0 saturated carbocycles. The molecule has 25 heavy (non-hydrogen) atoms. The third-order valence-corrected chi connectivity index (χ3v) is 6.54. The van der Waals surface area contributed by atoms with Crippen molar-refractivity contribution in [3.63, 3.8) is 0 Å². The van der Waals surface area contributed by atoms with Crippen molar-refractivity contribution in [1.29, 1.82) is 0 Å². The van der Waals surface area contributed by atoms with E-state index in [1.165, 1.54) is 0 Å². The van der Waals surface area contributed by atoms with Crippen molar-refractivity contribution in [2.45, 2.75) is 19.0 Å². The molecule has 0 amide bonds. The van der Waals surface area contributed by atoms with Gasteiger partial charge in [-0.3, -0.25) is 0 Å². The Morgan fingerprint density at radius 3 is 2.44 bits per heavy atom. The molecule has 3 rings (SSSR count). The maximum absolute atomic E-state index is 11.9. The van der Waals surface area contributed by atoms with E-state index in [0.717, 1.165) is 11.3 Å². The first-order valence-electron chi connectivity index (χ1n) is 8.00. The van der Waals surface area contributed by atoms with Gasteiger partial charge in [-0.1, -0.05) is 41.9 Å². The Balaban J connectivity index is 1.79. The van der Waals surface area contributed by atoms with Crippen LogP contribution in [0.4, 0.5) is 5.69 Å². The van der Waals surface area contributed by atoms with Crippen molar-refractivity contribution in [1.82, 2.24) is 4.90 Å². The summed E-state index contributed by atoms with van der Waals surface area (Å²) >= 11 is 11.5. The SMILES string of the molecule is O=S1(=O)CC[C@H](N(Cc2ccccc2)C(=S)Nc2ccc(Cl)cc2)C1. The minimum Gasteiger partial charge on any atom is -0.341 e. The number of nitrogens with one attached hydrogen (secondary N) is 1. The third-order valence-electron chi connectivity index (χ3n) is 4.20. The Bertz CT molecular complexity index is 839. The maximum Gasteiger partial charge on any atom is 0.174 e. The van der Waals surface area contributed by atoms with Gasteiger partial charge < -0.3 is 10.2 Å². The van der Waals surface area contributed by atoms with Gasteiger partial charge in [0.15, 0.2) is 14.9 Å². The molecule has 1 heterocycles. The van der Waals surface area contributed by atoms with E-state index in [1.54, 1.807) is 12.1 Å². The first kappa shape index (κ1) is 18.2. The van der Waals surface area contributed by atoms with Crippen LogP contribution in [0.1, 0.15) is 12.0 Å². The predicted octanol–water partition coefficient (Wildman–Crippen LogP) is 3.73. The number of hydrogen-bond donors (Lipinski definition) is 1. The highest BCUT2D eigenvalue weighted by molar-refractivity contribution is 7.91. The average Bonchev–Trinajstić information content (AvgIpc) is 2.95. The minimum absolute atomic E-state index is 0.113. The highest BCUT2D eigenvalue weighted by Crippen LogP contribution is 2.22. The van der Waals surface area contributed by atoms with E-state index in [-0.39, 0.29) is 17.5 Å². The number of anilines is 1. The summed E-state index contributed by atoms with van der Waals surface area (Å²) in [6, 6.07) is 17.1. The molecule has 0 bridgehead atoms. The molecule has 1 aliphatic heterocycles. The molecule has 1 atom stereocenters. The highest BCUT2D eigenvalue weighted by Gasteiger charge is 2.33. The second-order valence-electron chi connectivity index (χ2n) is 6.11. The summed E-state index contributed by atoms with van der Waals surface area (Å²) in [4.78, 5) is 1.98. The van der Waals surface area contributed by atoms with Crippen molar-refractivity contribution in [2.24, 2.45) is 0 Å². The lowest BCUT2D eigenvalue weighted by Crippen LogP contribution is -2.42. The third kappa shape index (κ3) is 4.93. The van der Waals surface area contributed by atoms with Crippen LogP contribution in [0.25, 0.3) is 0 Å². The van der Waals surface area contributed by atoms with Crippen LogP contribution in [0.15, 0.2) is 54.6 Å². The predicted molar refractivity (Wildman–Crippen MR) is 107 cm³/mol. The monoisotopic (exact) mass is 394 g/mol. The van der Waals surface area contributed by atoms with Gasteiger partial charge in [0.05, 0.1) is 11.5 Å². The molecule has 7 heteroatoms. The summed E-state index contributed by atoms with van der Waals surface area (Å²) in [5.41, 5.74) is 1.92. The Kier molecular flexibility index (Phi) is 5.61. The summed E-state index contributed by atoms with van der Waals surface area (Å²) in [6.07, 6.45) is 0.595. The van der Waals surface area contributed by atoms with Crippen LogP contribution in [-0.4, -0.2) is 36.0 Å². The van der Waals surface area contributed by atoms with Crippen LogP contribution in [0.3, 0.4) is 0 Å². The van der Waals surface area contributed by atoms with Gasteiger partial charge in [-0.15, -0.1) is 0 Å². The summed E-state index contributed by atoms with van der Waals surface area (Å²) in [6.45, 7) is 0.570. The molecule has 1 fully saturated rings. The lowest BCUT2D eigenvalue weighted by atomic mass is 10.1. The summed E-state index contributed by atoms with van der Waals surface area (Å²) in [5.74, 6) is 0.356. The molecule has 1 N–H and O–H groups in total. The Morgan fingerprint density at radius 1 is 1.16 bits per heavy atom. The van der Waals surface area contributed by atoms with Gasteiger partial charge >= 0.3 is 0 Å². The fourth-order valence-electron chi connectivity index (χ4n) is 2.90. The topological polar surface area (TPSA) is 49.4 Å². The van der Waals surface area contributed by atoms with Crippen molar-refractivity contribution >= 4 is 44.5 Å². The van der Waals surface area contributed by atoms with Crippen LogP contribution in [0, 0.1) is 0 Å². The largest absolute Gasteiger partial charge is 0.341 e. The molecular weight excluding hydrogens is 376 g/mol. The zero-order chi connectivity index (χ0) is 17.9. The molecule has 0 unspecified atom stereocenters. The molecule has 1 aliphatic rings. The van der Waals surface area contributed by atoms with Crippen molar-refractivity contribution in [2.75, 3.05) is 16.8 Å². The quantitative estimate of drug-likeness (QED) is 0.801. The molecule has 4 nitrogen and oxygen atoms in total. The molecule has 0 radical (unpaired) electrons. The Labute approximate surface area is 158 Å². The molecular formula is C18H19ClN2O2S2. The van der Waals surface area contributed by atoms with E-state index in [4.69, 9.17) is 23.8 Å². The van der Waals surface area contributed by atoms with Gasteiger partial charge in [0, 0.05) is 23.3 Å². The fraction of sp³-hybridized carbons (Fsp3) is 0.278. The van der Waals surface area contributed by atoms with E-state index >= 15 is 0 Å². The summed E-state index contributed by atoms with van der Waals surface area (Å²) in [5, 5.41) is 4.37. The number of halogens is 1. The first-order valence-corrected chi connectivity index (χ1v) is 10.6. The van der Waals surface area contributed by atoms with Gasteiger partial charge in [-0.2, -0.15) is 0 Å². The van der Waals surface area contributed by atoms with Crippen molar-refractivity contribution in [3.8, 4) is 0 Å². The van der Waals surface area contributed by atoms with E-state index in [2.05, 4.69) is 5.32 Å². The molecule has 0 aromatic heterocycles. The smallest absolute Gasteiger partial charge is 0.174 e. The normalized spacial score (nSPS) is 18.7. The highest BCUT2D eigenvalue weighted by atomic mass is 35.5. The number of sulfone groups is 1. The molecule has 0 spiro atoms. The van der Waals surface area contributed by atoms with Crippen LogP contribution in [-0.2, 0) is 16.4 Å². The lowest BCUT2D eigenvalue weighted by Gasteiger charge is -2.31. The van der Waals surface area contributed by atoms with Crippen molar-refractivity contribution < 1.29 is 8.42 Å². The molecule has 2 aromatic rings. The standard InChI is InChI=1S/C18H19ClN2O2S2/c19-15-6-8-16(9-7-15)20-18(24)21(12-14-4-2-1-3-5-14)17-10-11-25(22,23)13-17/h1-9,17H,10-13H2,(H,20,24)/t17-/m0/s1. The minimum atomic E-state index is -2.99.